The number of esters is 1. The number of rotatable bonds is 3. The van der Waals surface area contributed by atoms with Crippen molar-refractivity contribution >= 4 is 23.4 Å². The lowest BCUT2D eigenvalue weighted by molar-refractivity contribution is 0.0525. The second-order valence-corrected chi connectivity index (χ2v) is 3.81. The average Bonchev–Trinajstić information content (AvgIpc) is 2.70. The van der Waals surface area contributed by atoms with E-state index in [1.807, 2.05) is 0 Å². The maximum absolute atomic E-state index is 11.8. The van der Waals surface area contributed by atoms with Gasteiger partial charge in [-0.25, -0.2) is 14.5 Å². The molecule has 0 amide bonds. The van der Waals surface area contributed by atoms with E-state index >= 15 is 0 Å². The van der Waals surface area contributed by atoms with Gasteiger partial charge in [-0.3, -0.25) is 0 Å². The molecule has 0 unspecified atom stereocenters. The fourth-order valence-corrected chi connectivity index (χ4v) is 1.55. The molecule has 0 aliphatic carbocycles. The Morgan fingerprint density at radius 1 is 1.61 bits per heavy atom. The van der Waals surface area contributed by atoms with Gasteiger partial charge in [-0.15, -0.1) is 5.10 Å². The van der Waals surface area contributed by atoms with Crippen LogP contribution >= 0.6 is 11.6 Å². The second-order valence-electron chi connectivity index (χ2n) is 3.40. The molecule has 0 aliphatic rings. The lowest BCUT2D eigenvalue weighted by Crippen LogP contribution is -2.11. The standard InChI is InChI=1S/C11H11ClN4O2/c1-2-18-11(17)7-4-3-5-14-10(7)16-6-8(12)9(13)15-16/h3-6H,2H2,1H3,(H2,13,15). The van der Waals surface area contributed by atoms with Crippen molar-refractivity contribution < 1.29 is 9.53 Å². The van der Waals surface area contributed by atoms with Crippen LogP contribution in [0.1, 0.15) is 17.3 Å². The van der Waals surface area contributed by atoms with Gasteiger partial charge in [0.25, 0.3) is 0 Å². The molecule has 0 fully saturated rings. The Bertz CT molecular complexity index is 563. The number of carbonyl (C=O) groups is 1. The van der Waals surface area contributed by atoms with Crippen molar-refractivity contribution in [3.05, 3.63) is 35.1 Å². The molecule has 0 bridgehead atoms. The monoisotopic (exact) mass is 266 g/mol. The van der Waals surface area contributed by atoms with Crippen LogP contribution in [0.25, 0.3) is 5.82 Å². The lowest BCUT2D eigenvalue weighted by atomic mass is 10.2. The summed E-state index contributed by atoms with van der Waals surface area (Å²) < 4.78 is 6.29. The van der Waals surface area contributed by atoms with E-state index in [0.717, 1.165) is 0 Å². The summed E-state index contributed by atoms with van der Waals surface area (Å²) in [5.74, 6) is 0.0393. The van der Waals surface area contributed by atoms with Gasteiger partial charge in [0.05, 0.1) is 12.8 Å². The smallest absolute Gasteiger partial charge is 0.341 e. The summed E-state index contributed by atoms with van der Waals surface area (Å²) >= 11 is 5.82. The zero-order valence-corrected chi connectivity index (χ0v) is 10.4. The predicted molar refractivity (Wildman–Crippen MR) is 66.7 cm³/mol. The molecule has 0 aromatic carbocycles. The van der Waals surface area contributed by atoms with Crippen LogP contribution in [0.5, 0.6) is 0 Å². The van der Waals surface area contributed by atoms with Gasteiger partial charge < -0.3 is 10.5 Å². The van der Waals surface area contributed by atoms with Gasteiger partial charge in [0.1, 0.15) is 10.6 Å². The molecule has 7 heteroatoms. The van der Waals surface area contributed by atoms with Crippen LogP contribution < -0.4 is 5.73 Å². The first kappa shape index (κ1) is 12.4. The minimum atomic E-state index is -0.467. The number of hydrogen-bond acceptors (Lipinski definition) is 5. The van der Waals surface area contributed by atoms with Gasteiger partial charge in [0.2, 0.25) is 0 Å². The Morgan fingerprint density at radius 3 is 3.00 bits per heavy atom. The Labute approximate surface area is 108 Å². The molecule has 0 spiro atoms. The number of ether oxygens (including phenoxy) is 1. The number of carbonyl (C=O) groups excluding carboxylic acids is 1. The Balaban J connectivity index is 2.47. The number of hydrogen-bond donors (Lipinski definition) is 1. The maximum Gasteiger partial charge on any atom is 0.341 e. The van der Waals surface area contributed by atoms with Crippen molar-refractivity contribution in [3.8, 4) is 5.82 Å². The van der Waals surface area contributed by atoms with E-state index in [1.54, 1.807) is 25.3 Å². The first-order chi connectivity index (χ1) is 8.63. The average molecular weight is 267 g/mol. The topological polar surface area (TPSA) is 83.0 Å². The molecule has 2 aromatic rings. The van der Waals surface area contributed by atoms with Crippen molar-refractivity contribution in [2.45, 2.75) is 6.92 Å². The van der Waals surface area contributed by atoms with E-state index in [0.29, 0.717) is 16.4 Å². The maximum atomic E-state index is 11.8. The summed E-state index contributed by atoms with van der Waals surface area (Å²) in [5, 5.41) is 4.28. The Kier molecular flexibility index (Phi) is 3.47. The summed E-state index contributed by atoms with van der Waals surface area (Å²) in [7, 11) is 0. The fourth-order valence-electron chi connectivity index (χ4n) is 1.42. The number of aromatic nitrogens is 3. The predicted octanol–water partition coefficient (Wildman–Crippen LogP) is 1.68. The molecular formula is C11H11ClN4O2. The van der Waals surface area contributed by atoms with E-state index in [-0.39, 0.29) is 12.4 Å². The van der Waals surface area contributed by atoms with Gasteiger partial charge in [-0.2, -0.15) is 0 Å². The summed E-state index contributed by atoms with van der Waals surface area (Å²) in [5.41, 5.74) is 5.86. The molecule has 18 heavy (non-hydrogen) atoms. The summed E-state index contributed by atoms with van der Waals surface area (Å²) in [6, 6.07) is 3.25. The molecular weight excluding hydrogens is 256 g/mol. The molecule has 2 heterocycles. The number of nitrogen functional groups attached to an aromatic ring is 1. The minimum Gasteiger partial charge on any atom is -0.462 e. The third-order valence-corrected chi connectivity index (χ3v) is 2.49. The van der Waals surface area contributed by atoms with Crippen LogP contribution in [0.4, 0.5) is 5.82 Å². The number of halogens is 1. The first-order valence-electron chi connectivity index (χ1n) is 5.26. The highest BCUT2D eigenvalue weighted by molar-refractivity contribution is 6.32. The van der Waals surface area contributed by atoms with Crippen molar-refractivity contribution in [1.82, 2.24) is 14.8 Å². The summed E-state index contributed by atoms with van der Waals surface area (Å²) in [6.45, 7) is 2.02. The van der Waals surface area contributed by atoms with Crippen LogP contribution in [0.3, 0.4) is 0 Å². The van der Waals surface area contributed by atoms with Gasteiger partial charge in [-0.05, 0) is 19.1 Å². The Hall–Kier alpha value is -2.08. The number of nitrogens with two attached hydrogens (primary N) is 1. The Morgan fingerprint density at radius 2 is 2.39 bits per heavy atom. The van der Waals surface area contributed by atoms with Gasteiger partial charge in [-0.1, -0.05) is 11.6 Å². The third-order valence-electron chi connectivity index (χ3n) is 2.19. The summed E-state index contributed by atoms with van der Waals surface area (Å²) in [4.78, 5) is 15.9. The van der Waals surface area contributed by atoms with Crippen LogP contribution in [-0.4, -0.2) is 27.3 Å². The second kappa shape index (κ2) is 5.05. The van der Waals surface area contributed by atoms with E-state index in [1.165, 1.54) is 10.9 Å². The zero-order valence-electron chi connectivity index (χ0n) is 9.63. The van der Waals surface area contributed by atoms with E-state index in [4.69, 9.17) is 22.1 Å². The fraction of sp³-hybridized carbons (Fsp3) is 0.182. The lowest BCUT2D eigenvalue weighted by Gasteiger charge is -2.06. The summed E-state index contributed by atoms with van der Waals surface area (Å²) in [6.07, 6.45) is 3.03. The van der Waals surface area contributed by atoms with Crippen LogP contribution in [0.2, 0.25) is 5.02 Å². The molecule has 0 radical (unpaired) electrons. The molecule has 0 saturated heterocycles. The van der Waals surface area contributed by atoms with E-state index < -0.39 is 5.97 Å². The molecule has 6 nitrogen and oxygen atoms in total. The van der Waals surface area contributed by atoms with Gasteiger partial charge in [0.15, 0.2) is 11.6 Å². The van der Waals surface area contributed by atoms with E-state index in [9.17, 15) is 4.79 Å². The number of pyridine rings is 1. The molecule has 2 aromatic heterocycles. The largest absolute Gasteiger partial charge is 0.462 e. The van der Waals surface area contributed by atoms with Crippen molar-refractivity contribution in [3.63, 3.8) is 0 Å². The molecule has 94 valence electrons. The number of nitrogens with zero attached hydrogens (tertiary/aromatic N) is 3. The molecule has 0 aliphatic heterocycles. The quantitative estimate of drug-likeness (QED) is 0.855. The first-order valence-corrected chi connectivity index (χ1v) is 5.64. The molecule has 0 atom stereocenters. The van der Waals surface area contributed by atoms with Crippen molar-refractivity contribution in [2.75, 3.05) is 12.3 Å². The SMILES string of the molecule is CCOC(=O)c1cccnc1-n1cc(Cl)c(N)n1. The highest BCUT2D eigenvalue weighted by atomic mass is 35.5. The molecule has 0 saturated carbocycles. The van der Waals surface area contributed by atoms with Crippen LogP contribution in [0.15, 0.2) is 24.5 Å². The third kappa shape index (κ3) is 2.28. The van der Waals surface area contributed by atoms with Crippen molar-refractivity contribution in [2.24, 2.45) is 0 Å². The van der Waals surface area contributed by atoms with Crippen LogP contribution in [0, 0.1) is 0 Å². The normalized spacial score (nSPS) is 10.3. The number of anilines is 1. The van der Waals surface area contributed by atoms with E-state index in [2.05, 4.69) is 10.1 Å². The van der Waals surface area contributed by atoms with Crippen molar-refractivity contribution in [1.29, 1.82) is 0 Å². The van der Waals surface area contributed by atoms with Gasteiger partial charge in [0, 0.05) is 6.20 Å². The molecule has 2 rings (SSSR count). The molecule has 2 N–H and O–H groups in total. The minimum absolute atomic E-state index is 0.178. The van der Waals surface area contributed by atoms with Gasteiger partial charge >= 0.3 is 5.97 Å². The zero-order chi connectivity index (χ0) is 13.1. The highest BCUT2D eigenvalue weighted by Gasteiger charge is 2.16. The highest BCUT2D eigenvalue weighted by Crippen LogP contribution is 2.20. The van der Waals surface area contributed by atoms with Crippen LogP contribution in [-0.2, 0) is 4.74 Å².